The molecule has 1 unspecified atom stereocenters. The van der Waals surface area contributed by atoms with Gasteiger partial charge in [0.25, 0.3) is 0 Å². The van der Waals surface area contributed by atoms with Crippen molar-refractivity contribution in [3.05, 3.63) is 72.9 Å². The van der Waals surface area contributed by atoms with Gasteiger partial charge in [0.2, 0.25) is 5.91 Å². The lowest BCUT2D eigenvalue weighted by Crippen LogP contribution is -2.47. The molecule has 1 atom stereocenters. The van der Waals surface area contributed by atoms with Crippen LogP contribution in [0.5, 0.6) is 0 Å². The standard InChI is InChI=1S/C27H26N6OS/c34-26(28-22-11-5-4-10-20(22)23-18-32-16-17-35-27(32)29-23)24-12-6-7-15-33(24)25-14-13-21(30-31-25)19-8-2-1-3-9-19/h1-5,8-11,13-14,18,24H,6-7,12,15-17H2,(H,28,34). The van der Waals surface area contributed by atoms with Crippen molar-refractivity contribution < 1.29 is 4.79 Å². The van der Waals surface area contributed by atoms with Crippen LogP contribution in [0.4, 0.5) is 11.5 Å². The van der Waals surface area contributed by atoms with Gasteiger partial charge in [-0.1, -0.05) is 60.3 Å². The van der Waals surface area contributed by atoms with E-state index in [2.05, 4.69) is 31.2 Å². The van der Waals surface area contributed by atoms with E-state index in [1.54, 1.807) is 11.8 Å². The van der Waals surface area contributed by atoms with Crippen LogP contribution in [0.1, 0.15) is 19.3 Å². The van der Waals surface area contributed by atoms with Crippen molar-refractivity contribution in [2.24, 2.45) is 0 Å². The Morgan fingerprint density at radius 2 is 1.77 bits per heavy atom. The lowest BCUT2D eigenvalue weighted by Gasteiger charge is -2.35. The van der Waals surface area contributed by atoms with E-state index in [9.17, 15) is 4.79 Å². The predicted molar refractivity (Wildman–Crippen MR) is 139 cm³/mol. The van der Waals surface area contributed by atoms with Gasteiger partial charge in [-0.15, -0.1) is 10.2 Å². The van der Waals surface area contributed by atoms with E-state index in [1.807, 2.05) is 66.7 Å². The molecule has 2 aliphatic heterocycles. The second-order valence-electron chi connectivity index (χ2n) is 8.83. The molecule has 7 nitrogen and oxygen atoms in total. The number of amides is 1. The summed E-state index contributed by atoms with van der Waals surface area (Å²) < 4.78 is 2.18. The fourth-order valence-corrected chi connectivity index (χ4v) is 5.73. The largest absolute Gasteiger partial charge is 0.343 e. The van der Waals surface area contributed by atoms with Crippen molar-refractivity contribution in [2.45, 2.75) is 37.0 Å². The third kappa shape index (κ3) is 4.41. The number of imidazole rings is 1. The van der Waals surface area contributed by atoms with Crippen LogP contribution < -0.4 is 10.2 Å². The molecule has 0 aliphatic carbocycles. The third-order valence-electron chi connectivity index (χ3n) is 6.58. The first-order valence-corrected chi connectivity index (χ1v) is 13.0. The monoisotopic (exact) mass is 482 g/mol. The molecule has 0 radical (unpaired) electrons. The molecule has 6 rings (SSSR count). The van der Waals surface area contributed by atoms with Gasteiger partial charge in [-0.25, -0.2) is 4.98 Å². The molecule has 2 aromatic carbocycles. The second-order valence-corrected chi connectivity index (χ2v) is 9.90. The third-order valence-corrected chi connectivity index (χ3v) is 7.55. The Morgan fingerprint density at radius 1 is 0.914 bits per heavy atom. The van der Waals surface area contributed by atoms with Gasteiger partial charge in [0, 0.05) is 36.2 Å². The van der Waals surface area contributed by atoms with E-state index in [0.717, 1.165) is 77.3 Å². The van der Waals surface area contributed by atoms with Crippen LogP contribution in [0, 0.1) is 0 Å². The number of anilines is 2. The van der Waals surface area contributed by atoms with Crippen LogP contribution in [0.15, 0.2) is 78.1 Å². The zero-order chi connectivity index (χ0) is 23.6. The highest BCUT2D eigenvalue weighted by Crippen LogP contribution is 2.33. The molecule has 2 aliphatic rings. The van der Waals surface area contributed by atoms with Crippen LogP contribution in [-0.2, 0) is 11.3 Å². The molecular formula is C27H26N6OS. The van der Waals surface area contributed by atoms with Crippen LogP contribution in [0.3, 0.4) is 0 Å². The number of thioether (sulfide) groups is 1. The summed E-state index contributed by atoms with van der Waals surface area (Å²) in [6.45, 7) is 1.76. The number of hydrogen-bond donors (Lipinski definition) is 1. The van der Waals surface area contributed by atoms with Gasteiger partial charge in [-0.05, 0) is 37.5 Å². The number of fused-ring (bicyclic) bond motifs is 1. The molecule has 176 valence electrons. The van der Waals surface area contributed by atoms with Crippen molar-refractivity contribution in [3.8, 4) is 22.5 Å². The van der Waals surface area contributed by atoms with Crippen molar-refractivity contribution in [3.63, 3.8) is 0 Å². The van der Waals surface area contributed by atoms with Crippen molar-refractivity contribution in [1.29, 1.82) is 0 Å². The molecule has 4 heterocycles. The average Bonchev–Trinajstić information content (AvgIpc) is 3.52. The highest BCUT2D eigenvalue weighted by Gasteiger charge is 2.30. The van der Waals surface area contributed by atoms with E-state index in [4.69, 9.17) is 4.98 Å². The van der Waals surface area contributed by atoms with E-state index in [-0.39, 0.29) is 11.9 Å². The number of benzene rings is 2. The van der Waals surface area contributed by atoms with E-state index in [1.165, 1.54) is 0 Å². The van der Waals surface area contributed by atoms with Gasteiger partial charge in [0.1, 0.15) is 6.04 Å². The number of carbonyl (C=O) groups excluding carboxylic acids is 1. The highest BCUT2D eigenvalue weighted by molar-refractivity contribution is 7.99. The van der Waals surface area contributed by atoms with E-state index >= 15 is 0 Å². The van der Waals surface area contributed by atoms with Crippen LogP contribution in [0.25, 0.3) is 22.5 Å². The number of para-hydroxylation sites is 1. The van der Waals surface area contributed by atoms with Crippen LogP contribution >= 0.6 is 11.8 Å². The molecular weight excluding hydrogens is 456 g/mol. The quantitative estimate of drug-likeness (QED) is 0.426. The summed E-state index contributed by atoms with van der Waals surface area (Å²) in [5.74, 6) is 1.78. The fourth-order valence-electron chi connectivity index (χ4n) is 4.79. The van der Waals surface area contributed by atoms with Crippen molar-refractivity contribution in [1.82, 2.24) is 19.7 Å². The summed E-state index contributed by atoms with van der Waals surface area (Å²) in [4.78, 5) is 20.4. The maximum absolute atomic E-state index is 13.5. The summed E-state index contributed by atoms with van der Waals surface area (Å²) in [6.07, 6.45) is 4.90. The maximum atomic E-state index is 13.5. The van der Waals surface area contributed by atoms with Gasteiger partial charge >= 0.3 is 0 Å². The summed E-state index contributed by atoms with van der Waals surface area (Å²) in [7, 11) is 0. The average molecular weight is 483 g/mol. The number of aryl methyl sites for hydroxylation is 1. The molecule has 35 heavy (non-hydrogen) atoms. The Hall–Kier alpha value is -3.65. The Kier molecular flexibility index (Phi) is 5.96. The summed E-state index contributed by atoms with van der Waals surface area (Å²) in [6, 6.07) is 21.6. The number of nitrogens with zero attached hydrogens (tertiary/aromatic N) is 5. The SMILES string of the molecule is O=C(Nc1ccccc1-c1cn2c(n1)SCC2)C1CCCCN1c1ccc(-c2ccccc2)nn1. The minimum absolute atomic E-state index is 0.0211. The molecule has 1 N–H and O–H groups in total. The zero-order valence-corrected chi connectivity index (χ0v) is 20.1. The first kappa shape index (κ1) is 21.9. The minimum Gasteiger partial charge on any atom is -0.343 e. The van der Waals surface area contributed by atoms with Crippen molar-refractivity contribution in [2.75, 3.05) is 22.5 Å². The molecule has 1 saturated heterocycles. The fraction of sp³-hybridized carbons (Fsp3) is 0.259. The Bertz CT molecular complexity index is 1320. The predicted octanol–water partition coefficient (Wildman–Crippen LogP) is 5.11. The number of hydrogen-bond acceptors (Lipinski definition) is 6. The van der Waals surface area contributed by atoms with Gasteiger partial charge in [0.05, 0.1) is 17.1 Å². The van der Waals surface area contributed by atoms with Gasteiger partial charge < -0.3 is 14.8 Å². The van der Waals surface area contributed by atoms with Crippen LogP contribution in [0.2, 0.25) is 0 Å². The topological polar surface area (TPSA) is 75.9 Å². The Labute approximate surface area is 208 Å². The zero-order valence-electron chi connectivity index (χ0n) is 19.3. The Balaban J connectivity index is 1.23. The first-order valence-electron chi connectivity index (χ1n) is 12.0. The summed E-state index contributed by atoms with van der Waals surface area (Å²) in [5, 5.41) is 13.2. The minimum atomic E-state index is -0.295. The maximum Gasteiger partial charge on any atom is 0.247 e. The summed E-state index contributed by atoms with van der Waals surface area (Å²) in [5.41, 5.74) is 4.48. The van der Waals surface area contributed by atoms with Gasteiger partial charge in [0.15, 0.2) is 11.0 Å². The number of rotatable bonds is 5. The number of nitrogens with one attached hydrogen (secondary N) is 1. The molecule has 4 aromatic rings. The number of aromatic nitrogens is 4. The molecule has 2 aromatic heterocycles. The lowest BCUT2D eigenvalue weighted by atomic mass is 10.0. The number of piperidine rings is 1. The van der Waals surface area contributed by atoms with Gasteiger partial charge in [-0.3, -0.25) is 4.79 Å². The van der Waals surface area contributed by atoms with Gasteiger partial charge in [-0.2, -0.15) is 0 Å². The molecule has 1 fully saturated rings. The summed E-state index contributed by atoms with van der Waals surface area (Å²) >= 11 is 1.77. The Morgan fingerprint density at radius 3 is 2.60 bits per heavy atom. The smallest absolute Gasteiger partial charge is 0.247 e. The lowest BCUT2D eigenvalue weighted by molar-refractivity contribution is -0.117. The number of carbonyl (C=O) groups is 1. The molecule has 0 bridgehead atoms. The molecule has 0 saturated carbocycles. The molecule has 0 spiro atoms. The highest BCUT2D eigenvalue weighted by atomic mass is 32.2. The molecule has 1 amide bonds. The first-order chi connectivity index (χ1) is 17.3. The van der Waals surface area contributed by atoms with E-state index < -0.39 is 0 Å². The van der Waals surface area contributed by atoms with Crippen LogP contribution in [-0.4, -0.2) is 44.0 Å². The van der Waals surface area contributed by atoms with Crippen molar-refractivity contribution >= 4 is 29.2 Å². The normalized spacial score (nSPS) is 17.3. The molecule has 8 heteroatoms. The second kappa shape index (κ2) is 9.54. The van der Waals surface area contributed by atoms with E-state index in [0.29, 0.717) is 0 Å².